The quantitative estimate of drug-likeness (QED) is 0.508. The maximum Gasteiger partial charge on any atom is 0.250 e. The van der Waals surface area contributed by atoms with E-state index in [4.69, 9.17) is 4.43 Å². The van der Waals surface area contributed by atoms with Gasteiger partial charge in [-0.2, -0.15) is 5.26 Å². The Morgan fingerprint density at radius 3 is 2.64 bits per heavy atom. The fourth-order valence-corrected chi connectivity index (χ4v) is 6.71. The van der Waals surface area contributed by atoms with Gasteiger partial charge in [-0.25, -0.2) is 0 Å². The molecular weight excluding hydrogens is 358 g/mol. The molecule has 1 aromatic carbocycles. The van der Waals surface area contributed by atoms with Gasteiger partial charge in [0.05, 0.1) is 12.0 Å². The van der Waals surface area contributed by atoms with E-state index >= 15 is 0 Å². The third kappa shape index (κ3) is 2.96. The highest BCUT2D eigenvalue weighted by molar-refractivity contribution is 6.74. The van der Waals surface area contributed by atoms with Crippen molar-refractivity contribution in [3.8, 4) is 11.8 Å². The first-order valence-corrected chi connectivity index (χ1v) is 13.9. The zero-order chi connectivity index (χ0) is 20.3. The Hall–Kier alpha value is -1.53. The average molecular weight is 394 g/mol. The van der Waals surface area contributed by atoms with Gasteiger partial charge in [-0.15, -0.1) is 0 Å². The molecule has 0 N–H and O–H groups in total. The van der Waals surface area contributed by atoms with E-state index in [0.717, 1.165) is 12.2 Å². The van der Waals surface area contributed by atoms with Crippen LogP contribution in [0.1, 0.15) is 64.5 Å². The van der Waals surface area contributed by atoms with E-state index in [2.05, 4.69) is 71.1 Å². The first-order valence-electron chi connectivity index (χ1n) is 11.0. The molecule has 2 nitrogen and oxygen atoms in total. The number of benzene rings is 1. The first-order chi connectivity index (χ1) is 13.1. The molecule has 1 aromatic rings. The average Bonchev–Trinajstić information content (AvgIpc) is 3.01. The highest BCUT2D eigenvalue weighted by atomic mass is 28.4. The molecule has 3 aliphatic carbocycles. The Morgan fingerprint density at radius 1 is 1.21 bits per heavy atom. The molecule has 0 aromatic heterocycles. The Bertz CT molecular complexity index is 856. The van der Waals surface area contributed by atoms with Crippen LogP contribution in [0.3, 0.4) is 0 Å². The maximum absolute atomic E-state index is 9.88. The molecule has 3 aliphatic rings. The molecule has 150 valence electrons. The lowest BCUT2D eigenvalue weighted by atomic mass is 9.56. The molecule has 4 atom stereocenters. The van der Waals surface area contributed by atoms with Gasteiger partial charge in [-0.3, -0.25) is 0 Å². The minimum absolute atomic E-state index is 0.0559. The molecule has 0 heterocycles. The summed E-state index contributed by atoms with van der Waals surface area (Å²) in [6, 6.07) is 9.38. The fourth-order valence-electron chi connectivity index (χ4n) is 5.69. The molecule has 0 bridgehead atoms. The van der Waals surface area contributed by atoms with Gasteiger partial charge in [0, 0.05) is 0 Å². The summed E-state index contributed by atoms with van der Waals surface area (Å²) >= 11 is 0. The van der Waals surface area contributed by atoms with Crippen molar-refractivity contribution in [3.05, 3.63) is 35.4 Å². The fraction of sp³-hybridized carbons (Fsp3) is 0.640. The summed E-state index contributed by atoms with van der Waals surface area (Å²) in [5.41, 5.74) is 4.44. The summed E-state index contributed by atoms with van der Waals surface area (Å²) in [4.78, 5) is 0. The van der Waals surface area contributed by atoms with Crippen LogP contribution in [0.4, 0.5) is 0 Å². The van der Waals surface area contributed by atoms with E-state index in [1.165, 1.54) is 42.4 Å². The van der Waals surface area contributed by atoms with Crippen molar-refractivity contribution >= 4 is 13.9 Å². The molecule has 4 rings (SSSR count). The molecule has 28 heavy (non-hydrogen) atoms. The summed E-state index contributed by atoms with van der Waals surface area (Å²) in [5, 5.41) is 10.1. The molecule has 0 radical (unpaired) electrons. The van der Waals surface area contributed by atoms with Crippen LogP contribution in [0.15, 0.2) is 24.3 Å². The van der Waals surface area contributed by atoms with Gasteiger partial charge in [0.1, 0.15) is 5.75 Å². The van der Waals surface area contributed by atoms with Gasteiger partial charge < -0.3 is 4.43 Å². The number of nitrogens with zero attached hydrogens (tertiary/aromatic N) is 1. The SMILES string of the molecule is CC(C)(C)[Si](C)(C)Oc1ccc2c(c1)CCC1C2=C[C@H](C#N)[C@]2(C)CCCC12. The van der Waals surface area contributed by atoms with E-state index in [1.54, 1.807) is 0 Å². The topological polar surface area (TPSA) is 33.0 Å². The molecule has 0 amide bonds. The van der Waals surface area contributed by atoms with Gasteiger partial charge in [0.2, 0.25) is 8.32 Å². The van der Waals surface area contributed by atoms with Gasteiger partial charge in [-0.05, 0) is 89.9 Å². The Labute approximate surface area is 172 Å². The normalized spacial score (nSPS) is 31.9. The summed E-state index contributed by atoms with van der Waals surface area (Å²) in [7, 11) is -1.83. The number of fused-ring (bicyclic) bond motifs is 5. The standard InChI is InChI=1S/C25H35NOSi/c1-24(2,3)28(5,6)27-19-10-12-20-17(14-19)9-11-21-22(20)15-18(16-26)25(4)13-7-8-23(21)25/h10,12,14-15,18,21,23H,7-9,11,13H2,1-6H3/t18-,21?,23?,25+/m1/s1. The lowest BCUT2D eigenvalue weighted by molar-refractivity contribution is 0.134. The number of allylic oxidation sites excluding steroid dienone is 2. The summed E-state index contributed by atoms with van der Waals surface area (Å²) in [6.45, 7) is 13.9. The van der Waals surface area contributed by atoms with Crippen molar-refractivity contribution in [1.82, 2.24) is 0 Å². The van der Waals surface area contributed by atoms with Crippen LogP contribution in [-0.4, -0.2) is 8.32 Å². The number of hydrogen-bond donors (Lipinski definition) is 0. The van der Waals surface area contributed by atoms with Gasteiger partial charge in [0.15, 0.2) is 0 Å². The largest absolute Gasteiger partial charge is 0.543 e. The van der Waals surface area contributed by atoms with Crippen LogP contribution in [0.5, 0.6) is 5.75 Å². The van der Waals surface area contributed by atoms with Crippen molar-refractivity contribution in [3.63, 3.8) is 0 Å². The Kier molecular flexibility index (Phi) is 4.58. The van der Waals surface area contributed by atoms with Crippen LogP contribution >= 0.6 is 0 Å². The molecule has 1 fully saturated rings. The molecule has 2 unspecified atom stereocenters. The monoisotopic (exact) mass is 393 g/mol. The molecule has 0 saturated heterocycles. The van der Waals surface area contributed by atoms with Gasteiger partial charge >= 0.3 is 0 Å². The van der Waals surface area contributed by atoms with Crippen molar-refractivity contribution in [2.75, 3.05) is 0 Å². The number of nitriles is 1. The first kappa shape index (κ1) is 19.8. The highest BCUT2D eigenvalue weighted by Crippen LogP contribution is 2.60. The zero-order valence-electron chi connectivity index (χ0n) is 18.4. The lowest BCUT2D eigenvalue weighted by Gasteiger charge is -2.46. The highest BCUT2D eigenvalue weighted by Gasteiger charge is 2.52. The minimum atomic E-state index is -1.83. The van der Waals surface area contributed by atoms with E-state index < -0.39 is 8.32 Å². The molecule has 3 heteroatoms. The van der Waals surface area contributed by atoms with Crippen molar-refractivity contribution in [1.29, 1.82) is 5.26 Å². The van der Waals surface area contributed by atoms with E-state index in [0.29, 0.717) is 11.8 Å². The second-order valence-electron chi connectivity index (χ2n) is 11.1. The number of hydrogen-bond acceptors (Lipinski definition) is 2. The Balaban J connectivity index is 1.69. The predicted octanol–water partition coefficient (Wildman–Crippen LogP) is 6.98. The lowest BCUT2D eigenvalue weighted by Crippen LogP contribution is -2.44. The third-order valence-electron chi connectivity index (χ3n) is 8.45. The molecular formula is C25H35NOSi. The van der Waals surface area contributed by atoms with Crippen LogP contribution in [0.2, 0.25) is 18.1 Å². The number of aryl methyl sites for hydroxylation is 1. The van der Waals surface area contributed by atoms with Crippen LogP contribution in [0, 0.1) is 34.5 Å². The van der Waals surface area contributed by atoms with Crippen molar-refractivity contribution in [2.24, 2.45) is 23.2 Å². The van der Waals surface area contributed by atoms with E-state index in [1.807, 2.05) is 0 Å². The minimum Gasteiger partial charge on any atom is -0.543 e. The Morgan fingerprint density at radius 2 is 1.96 bits per heavy atom. The van der Waals surface area contributed by atoms with Gasteiger partial charge in [-0.1, -0.05) is 46.3 Å². The van der Waals surface area contributed by atoms with Crippen LogP contribution < -0.4 is 4.43 Å². The van der Waals surface area contributed by atoms with E-state index in [9.17, 15) is 5.26 Å². The second-order valence-corrected chi connectivity index (χ2v) is 15.8. The van der Waals surface area contributed by atoms with Crippen LogP contribution in [0.25, 0.3) is 5.57 Å². The second kappa shape index (κ2) is 6.49. The molecule has 0 aliphatic heterocycles. The third-order valence-corrected chi connectivity index (χ3v) is 12.8. The number of rotatable bonds is 2. The zero-order valence-corrected chi connectivity index (χ0v) is 19.4. The summed E-state index contributed by atoms with van der Waals surface area (Å²) in [5.74, 6) is 2.40. The maximum atomic E-state index is 9.88. The predicted molar refractivity (Wildman–Crippen MR) is 119 cm³/mol. The smallest absolute Gasteiger partial charge is 0.250 e. The molecule has 0 spiro atoms. The summed E-state index contributed by atoms with van der Waals surface area (Å²) < 4.78 is 6.56. The van der Waals surface area contributed by atoms with Crippen molar-refractivity contribution < 1.29 is 4.43 Å². The molecule has 1 saturated carbocycles. The van der Waals surface area contributed by atoms with Crippen molar-refractivity contribution in [2.45, 2.75) is 77.9 Å². The summed E-state index contributed by atoms with van der Waals surface area (Å²) in [6.07, 6.45) is 8.47. The van der Waals surface area contributed by atoms with Gasteiger partial charge in [0.25, 0.3) is 0 Å². The van der Waals surface area contributed by atoms with E-state index in [-0.39, 0.29) is 16.4 Å². The van der Waals surface area contributed by atoms with Crippen LogP contribution in [-0.2, 0) is 6.42 Å².